The van der Waals surface area contributed by atoms with Crippen molar-refractivity contribution in [3.63, 3.8) is 0 Å². The van der Waals surface area contributed by atoms with Gasteiger partial charge in [-0.15, -0.1) is 0 Å². The molecule has 1 atom stereocenters. The molecule has 1 amide bonds. The van der Waals surface area contributed by atoms with Crippen LogP contribution in [0.1, 0.15) is 25.7 Å². The number of benzene rings is 2. The average Bonchev–Trinajstić information content (AvgIpc) is 3.08. The topological polar surface area (TPSA) is 201 Å². The number of nitrogens with one attached hydrogen (secondary N) is 2. The number of carbonyl (C=O) groups excluding carboxylic acids is 1. The minimum Gasteiger partial charge on any atom is -0.497 e. The van der Waals surface area contributed by atoms with E-state index >= 15 is 0 Å². The molecule has 1 saturated carbocycles. The van der Waals surface area contributed by atoms with Crippen molar-refractivity contribution < 1.29 is 27.6 Å². The molecule has 1 unspecified atom stereocenters. The van der Waals surface area contributed by atoms with Gasteiger partial charge in [0, 0.05) is 37.8 Å². The fourth-order valence-corrected chi connectivity index (χ4v) is 7.60. The van der Waals surface area contributed by atoms with E-state index in [1.54, 1.807) is 18.2 Å². The van der Waals surface area contributed by atoms with Gasteiger partial charge in [0.1, 0.15) is 5.75 Å². The third-order valence-electron chi connectivity index (χ3n) is 8.62. The van der Waals surface area contributed by atoms with E-state index in [0.29, 0.717) is 60.0 Å². The Morgan fingerprint density at radius 2 is 1.91 bits per heavy atom. The standard InChI is InChI=1S/C30H32N8O8S/c1-36(30-32-14-25-29(34-30)33-27(39)17-46-25)19-9-7-18(8-10-19)22(35-47(43,44)26-6-4-3-5-23(26)38(41)42)16-37-24-13-20(45-2)11-12-21(24)31-15-28(37)40/h3-6,11-15,18-19,22,35H,7-10,16-17H2,1-2H3,(H,32,33,34,39). The van der Waals surface area contributed by atoms with E-state index in [4.69, 9.17) is 9.47 Å². The highest BCUT2D eigenvalue weighted by Gasteiger charge is 2.35. The zero-order valence-corrected chi connectivity index (χ0v) is 26.3. The van der Waals surface area contributed by atoms with Gasteiger partial charge in [0.2, 0.25) is 16.0 Å². The first-order valence-electron chi connectivity index (χ1n) is 14.9. The second-order valence-corrected chi connectivity index (χ2v) is 13.1. The van der Waals surface area contributed by atoms with Gasteiger partial charge in [0.15, 0.2) is 23.1 Å². The molecule has 0 saturated heterocycles. The number of anilines is 2. The van der Waals surface area contributed by atoms with Gasteiger partial charge in [-0.05, 0) is 49.8 Å². The highest BCUT2D eigenvalue weighted by molar-refractivity contribution is 7.89. The largest absolute Gasteiger partial charge is 0.497 e. The highest BCUT2D eigenvalue weighted by Crippen LogP contribution is 2.34. The van der Waals surface area contributed by atoms with E-state index in [1.165, 1.54) is 42.3 Å². The van der Waals surface area contributed by atoms with Gasteiger partial charge < -0.3 is 24.3 Å². The molecule has 16 nitrogen and oxygen atoms in total. The molecular formula is C30H32N8O8S. The van der Waals surface area contributed by atoms with E-state index < -0.39 is 37.1 Å². The Bertz CT molecular complexity index is 2010. The normalized spacial score (nSPS) is 18.5. The summed E-state index contributed by atoms with van der Waals surface area (Å²) in [6, 6.07) is 9.41. The third kappa shape index (κ3) is 6.57. The molecule has 2 aromatic carbocycles. The molecule has 6 rings (SSSR count). The lowest BCUT2D eigenvalue weighted by Gasteiger charge is -2.38. The number of hydrogen-bond acceptors (Lipinski definition) is 12. The zero-order valence-electron chi connectivity index (χ0n) is 25.5. The van der Waals surface area contributed by atoms with Crippen LogP contribution in [-0.4, -0.2) is 71.6 Å². The molecule has 17 heteroatoms. The number of aromatic nitrogens is 4. The maximum atomic E-state index is 13.7. The Labute approximate surface area is 269 Å². The lowest BCUT2D eigenvalue weighted by molar-refractivity contribution is -0.387. The van der Waals surface area contributed by atoms with Crippen LogP contribution in [0.25, 0.3) is 11.0 Å². The zero-order chi connectivity index (χ0) is 33.3. The summed E-state index contributed by atoms with van der Waals surface area (Å²) in [7, 11) is -1.05. The van der Waals surface area contributed by atoms with Crippen molar-refractivity contribution in [2.45, 2.75) is 49.2 Å². The summed E-state index contributed by atoms with van der Waals surface area (Å²) in [6.07, 6.45) is 5.08. The Kier molecular flexibility index (Phi) is 8.74. The molecule has 0 bridgehead atoms. The van der Waals surface area contributed by atoms with E-state index in [1.807, 2.05) is 11.9 Å². The number of sulfonamides is 1. The van der Waals surface area contributed by atoms with Gasteiger partial charge in [-0.1, -0.05) is 12.1 Å². The van der Waals surface area contributed by atoms with Gasteiger partial charge in [0.25, 0.3) is 17.2 Å². The number of methoxy groups -OCH3 is 1. The Morgan fingerprint density at radius 1 is 1.15 bits per heavy atom. The number of nitrogens with zero attached hydrogens (tertiary/aromatic N) is 6. The van der Waals surface area contributed by atoms with Crippen molar-refractivity contribution in [1.82, 2.24) is 24.2 Å². The van der Waals surface area contributed by atoms with Gasteiger partial charge >= 0.3 is 0 Å². The maximum absolute atomic E-state index is 13.7. The summed E-state index contributed by atoms with van der Waals surface area (Å²) >= 11 is 0. The summed E-state index contributed by atoms with van der Waals surface area (Å²) in [5, 5.41) is 14.4. The number of nitro groups is 1. The lowest BCUT2D eigenvalue weighted by atomic mass is 9.81. The van der Waals surface area contributed by atoms with E-state index in [9.17, 15) is 28.1 Å². The summed E-state index contributed by atoms with van der Waals surface area (Å²) in [5.41, 5.74) is -0.00913. The van der Waals surface area contributed by atoms with E-state index in [2.05, 4.69) is 25.0 Å². The van der Waals surface area contributed by atoms with Gasteiger partial charge in [-0.25, -0.2) is 23.1 Å². The Morgan fingerprint density at radius 3 is 2.66 bits per heavy atom. The minimum atomic E-state index is -4.39. The molecule has 2 N–H and O–H groups in total. The number of amides is 1. The molecule has 3 heterocycles. The fourth-order valence-electron chi connectivity index (χ4n) is 6.13. The number of para-hydroxylation sites is 1. The van der Waals surface area contributed by atoms with Crippen LogP contribution in [0, 0.1) is 16.0 Å². The van der Waals surface area contributed by atoms with Crippen LogP contribution in [0.2, 0.25) is 0 Å². The average molecular weight is 665 g/mol. The molecule has 2 aliphatic rings. The molecule has 1 aliphatic carbocycles. The first kappa shape index (κ1) is 31.8. The van der Waals surface area contributed by atoms with Crippen molar-refractivity contribution in [2.75, 3.05) is 31.0 Å². The number of rotatable bonds is 10. The van der Waals surface area contributed by atoms with Gasteiger partial charge in [0.05, 0.1) is 35.5 Å². The Hall–Kier alpha value is -5.16. The van der Waals surface area contributed by atoms with E-state index in [-0.39, 0.29) is 31.0 Å². The number of carbonyl (C=O) groups is 1. The number of fused-ring (bicyclic) bond motifs is 2. The summed E-state index contributed by atoms with van der Waals surface area (Å²) in [4.78, 5) is 50.5. The summed E-state index contributed by atoms with van der Waals surface area (Å²) in [5.74, 6) is 1.03. The number of nitro benzene ring substituents is 1. The molecule has 0 radical (unpaired) electrons. The van der Waals surface area contributed by atoms with Gasteiger partial charge in [-0.3, -0.25) is 19.7 Å². The highest BCUT2D eigenvalue weighted by atomic mass is 32.2. The van der Waals surface area contributed by atoms with Crippen LogP contribution in [-0.2, 0) is 21.4 Å². The van der Waals surface area contributed by atoms with Crippen molar-refractivity contribution in [2.24, 2.45) is 5.92 Å². The fraction of sp³-hybridized carbons (Fsp3) is 0.367. The Balaban J connectivity index is 1.29. The lowest BCUT2D eigenvalue weighted by Crippen LogP contribution is -2.47. The summed E-state index contributed by atoms with van der Waals surface area (Å²) < 4.78 is 42.4. The van der Waals surface area contributed by atoms with Crippen LogP contribution in [0.3, 0.4) is 0 Å². The summed E-state index contributed by atoms with van der Waals surface area (Å²) in [6.45, 7) is -0.156. The molecule has 1 fully saturated rings. The minimum absolute atomic E-state index is 0.00859. The van der Waals surface area contributed by atoms with E-state index in [0.717, 1.165) is 6.07 Å². The smallest absolute Gasteiger partial charge is 0.289 e. The molecule has 1 aliphatic heterocycles. The van der Waals surface area contributed by atoms with Crippen LogP contribution in [0.5, 0.6) is 11.5 Å². The van der Waals surface area contributed by atoms with Crippen LogP contribution >= 0.6 is 0 Å². The molecule has 4 aromatic rings. The molecule has 47 heavy (non-hydrogen) atoms. The second kappa shape index (κ2) is 12.9. The quantitative estimate of drug-likeness (QED) is 0.186. The monoisotopic (exact) mass is 664 g/mol. The van der Waals surface area contributed by atoms with Gasteiger partial charge in [-0.2, -0.15) is 4.98 Å². The molecule has 246 valence electrons. The molecule has 2 aromatic heterocycles. The molecule has 0 spiro atoms. The second-order valence-electron chi connectivity index (χ2n) is 11.4. The third-order valence-corrected chi connectivity index (χ3v) is 10.2. The number of hydrogen-bond donors (Lipinski definition) is 2. The van der Waals surface area contributed by atoms with Crippen LogP contribution < -0.4 is 30.0 Å². The van der Waals surface area contributed by atoms with Crippen molar-refractivity contribution in [1.29, 1.82) is 0 Å². The SMILES string of the molecule is COc1ccc2ncc(=O)n(CC(NS(=O)(=O)c3ccccc3[N+](=O)[O-])C3CCC(N(C)c4ncc5c(n4)NC(=O)CO5)CC3)c2c1. The van der Waals surface area contributed by atoms with Crippen LogP contribution in [0.4, 0.5) is 17.5 Å². The number of ether oxygens (including phenoxy) is 2. The van der Waals surface area contributed by atoms with Crippen molar-refractivity contribution in [3.05, 3.63) is 75.3 Å². The van der Waals surface area contributed by atoms with Crippen LogP contribution in [0.15, 0.2) is 64.5 Å². The molecular weight excluding hydrogens is 632 g/mol. The maximum Gasteiger partial charge on any atom is 0.289 e. The van der Waals surface area contributed by atoms with Crippen molar-refractivity contribution >= 4 is 44.4 Å². The predicted molar refractivity (Wildman–Crippen MR) is 170 cm³/mol. The first-order chi connectivity index (χ1) is 22.5. The first-order valence-corrected chi connectivity index (χ1v) is 16.3. The van der Waals surface area contributed by atoms with Crippen molar-refractivity contribution in [3.8, 4) is 11.5 Å². The predicted octanol–water partition coefficient (Wildman–Crippen LogP) is 2.48.